The third kappa shape index (κ3) is 5.67. The molecular weight excluding hydrogens is 688 g/mol. The van der Waals surface area contributed by atoms with Crippen LogP contribution in [0.4, 0.5) is 20.5 Å². The Morgan fingerprint density at radius 3 is 2.47 bits per heavy atom. The number of nitrogens with zero attached hydrogens (tertiary/aromatic N) is 7. The number of imidazole rings is 1. The highest BCUT2D eigenvalue weighted by atomic mass is 32.7. The lowest BCUT2D eigenvalue weighted by atomic mass is 10.1. The largest absolute Gasteiger partial charge is 0.386 e. The number of halogens is 2. The van der Waals surface area contributed by atoms with Gasteiger partial charge in [0.2, 0.25) is 5.95 Å². The summed E-state index contributed by atoms with van der Waals surface area (Å²) >= 11 is 7.93. The van der Waals surface area contributed by atoms with Gasteiger partial charge in [0.25, 0.3) is 5.56 Å². The van der Waals surface area contributed by atoms with Gasteiger partial charge < -0.3 is 20.9 Å². The van der Waals surface area contributed by atoms with Gasteiger partial charge in [0.05, 0.1) is 25.6 Å². The van der Waals surface area contributed by atoms with Crippen molar-refractivity contribution >= 4 is 67.2 Å². The average Bonchev–Trinajstić information content (AvgIpc) is 3.72. The molecule has 7 heterocycles. The molecule has 244 valence electrons. The molecule has 4 aliphatic heterocycles. The molecule has 3 saturated heterocycles. The van der Waals surface area contributed by atoms with E-state index < -0.39 is 87.6 Å². The van der Waals surface area contributed by atoms with E-state index in [0.29, 0.717) is 12.1 Å². The molecule has 3 unspecified atom stereocenters. The van der Waals surface area contributed by atoms with Gasteiger partial charge >= 0.3 is 13.6 Å². The first kappa shape index (κ1) is 31.3. The minimum atomic E-state index is -4.51. The number of rotatable bonds is 2. The number of nitrogens with one attached hydrogen (secondary N) is 1. The highest BCUT2D eigenvalue weighted by Gasteiger charge is 2.55. The zero-order valence-corrected chi connectivity index (χ0v) is 26.1. The number of H-pyrrole nitrogens is 1. The van der Waals surface area contributed by atoms with Crippen molar-refractivity contribution in [3.05, 3.63) is 22.4 Å². The maximum Gasteiger partial charge on any atom is 0.386 e. The molecule has 4 aliphatic rings. The van der Waals surface area contributed by atoms with Crippen LogP contribution in [0.1, 0.15) is 30.6 Å². The summed E-state index contributed by atoms with van der Waals surface area (Å²) in [4.78, 5) is 26.9. The molecule has 2 bridgehead atoms. The number of ether oxygens (including phenoxy) is 2. The fraction of sp³-hybridized carbons (Fsp3) is 0.600. The van der Waals surface area contributed by atoms with Crippen LogP contribution >= 0.6 is 38.1 Å². The van der Waals surface area contributed by atoms with Crippen molar-refractivity contribution in [2.24, 2.45) is 10.7 Å². The first-order valence-corrected chi connectivity index (χ1v) is 18.6. The van der Waals surface area contributed by atoms with Crippen molar-refractivity contribution < 1.29 is 45.5 Å². The predicted octanol–water partition coefficient (Wildman–Crippen LogP) is 1.46. The Morgan fingerprint density at radius 2 is 1.71 bits per heavy atom. The molecule has 25 heteroatoms. The number of alkyl halides is 2. The fourth-order valence-electron chi connectivity index (χ4n) is 5.36. The summed E-state index contributed by atoms with van der Waals surface area (Å²) in [5.41, 5.74) is 10.9. The summed E-state index contributed by atoms with van der Waals surface area (Å²) in [6, 6.07) is -0.474. The van der Waals surface area contributed by atoms with Gasteiger partial charge in [0.15, 0.2) is 41.8 Å². The van der Waals surface area contributed by atoms with E-state index in [1.54, 1.807) is 6.21 Å². The van der Waals surface area contributed by atoms with Crippen molar-refractivity contribution in [3.8, 4) is 0 Å². The van der Waals surface area contributed by atoms with E-state index in [9.17, 15) is 13.9 Å². The van der Waals surface area contributed by atoms with Crippen molar-refractivity contribution in [2.45, 2.75) is 61.7 Å². The minimum absolute atomic E-state index is 0.211. The van der Waals surface area contributed by atoms with Crippen LogP contribution in [0, 0.1) is 0 Å². The number of thiol groups is 2. The van der Waals surface area contributed by atoms with Gasteiger partial charge in [0, 0.05) is 12.6 Å². The van der Waals surface area contributed by atoms with Gasteiger partial charge in [0.1, 0.15) is 30.1 Å². The minimum Gasteiger partial charge on any atom is -0.369 e. The Bertz CT molecular complexity index is 1830. The lowest BCUT2D eigenvalue weighted by Crippen LogP contribution is -2.33. The standard InChI is InChI=1S/C20H24F2N10O9P2S2/c21-9-7-3-36-42(34,44)40-13-8(39-18(10(13)22)31-5-26-11-6(23)1-2-25-15(11)31)4-37-43(35,45)41-14(9)19(38-7)32-16-12(29-30-32)17(33)28-20(24)27-16/h2,5-10,13-14,18-19H,1,3-4,23H2,(H,34,44)(H,35,45)(H3,24,27,28,33)/t6?,7-,8-,9-,10+,13-,14-,18-,19-,42?,43?/m1/s1. The molecule has 7 rings (SSSR count). The third-order valence-corrected chi connectivity index (χ3v) is 10.7. The second kappa shape index (κ2) is 11.4. The van der Waals surface area contributed by atoms with Crippen LogP contribution in [-0.4, -0.2) is 90.7 Å². The normalized spacial score (nSPS) is 40.4. The second-order valence-electron chi connectivity index (χ2n) is 10.4. The van der Waals surface area contributed by atoms with E-state index in [1.165, 1.54) is 10.9 Å². The summed E-state index contributed by atoms with van der Waals surface area (Å²) in [6.07, 6.45) is -10.3. The number of hydrogen-bond acceptors (Lipinski definition) is 16. The van der Waals surface area contributed by atoms with E-state index in [1.807, 2.05) is 0 Å². The van der Waals surface area contributed by atoms with Gasteiger partial charge in [-0.1, -0.05) is 29.7 Å². The number of aliphatic imine (C=N–C) groups is 1. The summed E-state index contributed by atoms with van der Waals surface area (Å²) < 4.78 is 94.0. The number of aromatic amines is 1. The summed E-state index contributed by atoms with van der Waals surface area (Å²) in [6.45, 7) is -10.4. The summed E-state index contributed by atoms with van der Waals surface area (Å²) in [5, 5.41) is 7.53. The summed E-state index contributed by atoms with van der Waals surface area (Å²) in [5.74, 6) is -0.0552. The van der Waals surface area contributed by atoms with Gasteiger partial charge in [-0.25, -0.2) is 27.9 Å². The van der Waals surface area contributed by atoms with E-state index in [2.05, 4.69) is 54.8 Å². The molecule has 0 amide bonds. The van der Waals surface area contributed by atoms with Crippen LogP contribution in [0.15, 0.2) is 16.1 Å². The molecule has 3 fully saturated rings. The second-order valence-corrected chi connectivity index (χ2v) is 16.1. The number of nitrogen functional groups attached to an aromatic ring is 1. The highest BCUT2D eigenvalue weighted by molar-refractivity contribution is 8.44. The number of anilines is 1. The van der Waals surface area contributed by atoms with Gasteiger partial charge in [-0.15, -0.1) is 5.10 Å². The Labute approximate surface area is 260 Å². The van der Waals surface area contributed by atoms with Gasteiger partial charge in [-0.2, -0.15) is 9.67 Å². The molecule has 19 nitrogen and oxygen atoms in total. The molecule has 11 atom stereocenters. The molecule has 45 heavy (non-hydrogen) atoms. The Morgan fingerprint density at radius 1 is 1.02 bits per heavy atom. The van der Waals surface area contributed by atoms with E-state index in [4.69, 9.17) is 39.0 Å². The molecule has 0 saturated carbocycles. The van der Waals surface area contributed by atoms with Gasteiger partial charge in [-0.05, 0) is 0 Å². The predicted molar refractivity (Wildman–Crippen MR) is 155 cm³/mol. The smallest absolute Gasteiger partial charge is 0.369 e. The van der Waals surface area contributed by atoms with Crippen LogP contribution < -0.4 is 17.0 Å². The number of fused-ring (bicyclic) bond motifs is 5. The van der Waals surface area contributed by atoms with Crippen LogP contribution in [-0.2, 0) is 36.7 Å². The number of aromatic nitrogens is 7. The first-order valence-electron chi connectivity index (χ1n) is 13.2. The maximum atomic E-state index is 16.0. The highest BCUT2D eigenvalue weighted by Crippen LogP contribution is 2.60. The monoisotopic (exact) mass is 712 g/mol. The Hall–Kier alpha value is -2.30. The topological polar surface area (TPSA) is 248 Å². The van der Waals surface area contributed by atoms with E-state index in [0.717, 1.165) is 4.68 Å². The van der Waals surface area contributed by atoms with Crippen molar-refractivity contribution in [3.63, 3.8) is 0 Å². The zero-order valence-electron chi connectivity index (χ0n) is 22.5. The third-order valence-electron chi connectivity index (χ3n) is 7.43. The first-order chi connectivity index (χ1) is 21.3. The molecule has 0 spiro atoms. The lowest BCUT2D eigenvalue weighted by Gasteiger charge is -2.25. The Balaban J connectivity index is 1.20. The molecular formula is C20H24F2N10O9P2S2. The molecule has 0 radical (unpaired) electrons. The molecule has 5 N–H and O–H groups in total. The number of nitrogens with two attached hydrogens (primary N) is 2. The Kier molecular flexibility index (Phi) is 7.96. The molecule has 0 aromatic carbocycles. The van der Waals surface area contributed by atoms with Crippen molar-refractivity contribution in [1.82, 2.24) is 34.5 Å². The fourth-order valence-corrected chi connectivity index (χ4v) is 8.30. The quantitative estimate of drug-likeness (QED) is 0.186. The zero-order chi connectivity index (χ0) is 31.8. The van der Waals surface area contributed by atoms with E-state index >= 15 is 8.78 Å². The van der Waals surface area contributed by atoms with Crippen molar-refractivity contribution in [2.75, 3.05) is 18.9 Å². The van der Waals surface area contributed by atoms with Crippen LogP contribution in [0.25, 0.3) is 11.2 Å². The lowest BCUT2D eigenvalue weighted by molar-refractivity contribution is -0.0607. The maximum absolute atomic E-state index is 16.0. The van der Waals surface area contributed by atoms with Crippen LogP contribution in [0.3, 0.4) is 0 Å². The number of hydrogen-bond donors (Lipinski definition) is 5. The summed E-state index contributed by atoms with van der Waals surface area (Å²) in [7, 11) is 0. The van der Waals surface area contributed by atoms with Crippen LogP contribution in [0.2, 0.25) is 0 Å². The van der Waals surface area contributed by atoms with Crippen molar-refractivity contribution in [1.29, 1.82) is 0 Å². The average molecular weight is 713 g/mol. The molecule has 0 aliphatic carbocycles. The molecule has 3 aromatic rings. The van der Waals surface area contributed by atoms with Gasteiger partial charge in [-0.3, -0.25) is 32.4 Å². The van der Waals surface area contributed by atoms with E-state index in [-0.39, 0.29) is 22.9 Å². The van der Waals surface area contributed by atoms with Crippen LogP contribution in [0.5, 0.6) is 0 Å². The SMILES string of the molecule is Nc1nc2c(nnn2[C@@H]2O[C@@H]3COP(=O)(S)O[C@H]4[C@H](F)[C@H](n5cnc6c5N=CCC6N)O[C@@H]4COP(=O)(S)O[C@@H]2[C@@H]3F)c(=O)[nH]1. The molecule has 3 aromatic heterocycles.